The van der Waals surface area contributed by atoms with Crippen molar-refractivity contribution in [3.05, 3.63) is 22.2 Å². The Hall–Kier alpha value is -1.30. The number of ether oxygens (including phenoxy) is 1. The summed E-state index contributed by atoms with van der Waals surface area (Å²) in [4.78, 5) is 15.0. The van der Waals surface area contributed by atoms with E-state index in [0.717, 1.165) is 57.3 Å². The topological polar surface area (TPSA) is 75.8 Å². The maximum Gasteiger partial charge on any atom is 0.166 e. The van der Waals surface area contributed by atoms with Crippen molar-refractivity contribution in [3.63, 3.8) is 0 Å². The van der Waals surface area contributed by atoms with Crippen molar-refractivity contribution in [2.24, 2.45) is 5.92 Å². The number of likely N-dealkylation sites (tertiary alicyclic amines) is 1. The Labute approximate surface area is 154 Å². The van der Waals surface area contributed by atoms with Gasteiger partial charge in [0.2, 0.25) is 0 Å². The summed E-state index contributed by atoms with van der Waals surface area (Å²) < 4.78 is 5.75. The van der Waals surface area contributed by atoms with Crippen molar-refractivity contribution in [3.8, 4) is 5.75 Å². The van der Waals surface area contributed by atoms with Crippen LogP contribution in [-0.4, -0.2) is 48.6 Å². The number of benzene rings is 1. The molecule has 2 heterocycles. The van der Waals surface area contributed by atoms with Gasteiger partial charge in [0.25, 0.3) is 0 Å². The van der Waals surface area contributed by atoms with E-state index in [9.17, 15) is 4.79 Å². The summed E-state index contributed by atoms with van der Waals surface area (Å²) in [6, 6.07) is 1.67. The van der Waals surface area contributed by atoms with Crippen LogP contribution in [0.3, 0.4) is 0 Å². The molecule has 0 atom stereocenters. The number of carbonyl (C=O) groups is 1. The van der Waals surface area contributed by atoms with Gasteiger partial charge in [-0.25, -0.2) is 0 Å². The van der Waals surface area contributed by atoms with E-state index < -0.39 is 0 Å². The monoisotopic (exact) mass is 366 g/mol. The Morgan fingerprint density at radius 3 is 2.88 bits per heavy atom. The fraction of sp³-hybridized carbons (Fsp3) is 0.632. The number of aliphatic hydroxyl groups excluding tert-OH is 1. The van der Waals surface area contributed by atoms with Gasteiger partial charge in [-0.05, 0) is 57.2 Å². The SMILES string of the molecule is Nc1c(Cl)cc(C(=O)CCC2CCN(CCO)CC2)c2c1CCCO2. The van der Waals surface area contributed by atoms with E-state index >= 15 is 0 Å². The molecule has 0 unspecified atom stereocenters. The minimum Gasteiger partial charge on any atom is -0.492 e. The zero-order valence-electron chi connectivity index (χ0n) is 14.6. The lowest BCUT2D eigenvalue weighted by molar-refractivity contribution is 0.0953. The lowest BCUT2D eigenvalue weighted by atomic mass is 9.89. The largest absolute Gasteiger partial charge is 0.492 e. The molecule has 0 spiro atoms. The molecule has 2 aliphatic heterocycles. The van der Waals surface area contributed by atoms with Gasteiger partial charge in [0, 0.05) is 18.5 Å². The quantitative estimate of drug-likeness (QED) is 0.598. The number of carbonyl (C=O) groups excluding carboxylic acids is 1. The fourth-order valence-corrected chi connectivity index (χ4v) is 4.08. The van der Waals surface area contributed by atoms with E-state index in [1.165, 1.54) is 0 Å². The number of aliphatic hydroxyl groups is 1. The molecular formula is C19H27ClN2O3. The van der Waals surface area contributed by atoms with Crippen LogP contribution in [0.1, 0.15) is 48.0 Å². The molecule has 1 saturated heterocycles. The minimum atomic E-state index is 0.0952. The Balaban J connectivity index is 1.62. The van der Waals surface area contributed by atoms with Crippen LogP contribution in [0.2, 0.25) is 5.02 Å². The van der Waals surface area contributed by atoms with Crippen LogP contribution in [0.4, 0.5) is 5.69 Å². The van der Waals surface area contributed by atoms with Crippen LogP contribution >= 0.6 is 11.6 Å². The van der Waals surface area contributed by atoms with Gasteiger partial charge in [-0.1, -0.05) is 11.6 Å². The number of hydrogen-bond donors (Lipinski definition) is 2. The normalized spacial score (nSPS) is 18.6. The lowest BCUT2D eigenvalue weighted by Gasteiger charge is -2.31. The Kier molecular flexibility index (Phi) is 6.20. The van der Waals surface area contributed by atoms with E-state index in [0.29, 0.717) is 41.0 Å². The molecule has 0 bridgehead atoms. The summed E-state index contributed by atoms with van der Waals surface area (Å²) >= 11 is 6.23. The van der Waals surface area contributed by atoms with Crippen LogP contribution in [0.25, 0.3) is 0 Å². The lowest BCUT2D eigenvalue weighted by Crippen LogP contribution is -2.35. The number of halogens is 1. The van der Waals surface area contributed by atoms with Crippen molar-refractivity contribution >= 4 is 23.1 Å². The van der Waals surface area contributed by atoms with Gasteiger partial charge in [0.15, 0.2) is 5.78 Å². The third-order valence-corrected chi connectivity index (χ3v) is 5.71. The van der Waals surface area contributed by atoms with Crippen LogP contribution in [-0.2, 0) is 6.42 Å². The predicted molar refractivity (Wildman–Crippen MR) is 99.5 cm³/mol. The summed E-state index contributed by atoms with van der Waals surface area (Å²) in [5, 5.41) is 9.46. The summed E-state index contributed by atoms with van der Waals surface area (Å²) in [5.41, 5.74) is 8.08. The highest BCUT2D eigenvalue weighted by Gasteiger charge is 2.25. The van der Waals surface area contributed by atoms with Gasteiger partial charge in [0.05, 0.1) is 29.5 Å². The molecule has 0 saturated carbocycles. The van der Waals surface area contributed by atoms with E-state index in [4.69, 9.17) is 27.2 Å². The highest BCUT2D eigenvalue weighted by molar-refractivity contribution is 6.33. The van der Waals surface area contributed by atoms with Crippen molar-refractivity contribution in [2.75, 3.05) is 38.6 Å². The van der Waals surface area contributed by atoms with Crippen LogP contribution in [0, 0.1) is 5.92 Å². The number of nitrogen functional groups attached to an aromatic ring is 1. The fourth-order valence-electron chi connectivity index (χ4n) is 3.85. The molecular weight excluding hydrogens is 340 g/mol. The summed E-state index contributed by atoms with van der Waals surface area (Å²) in [6.07, 6.45) is 5.29. The molecule has 5 nitrogen and oxygen atoms in total. The molecule has 2 aliphatic rings. The van der Waals surface area contributed by atoms with Crippen molar-refractivity contribution in [2.45, 2.75) is 38.5 Å². The third kappa shape index (κ3) is 4.27. The molecule has 0 amide bonds. The van der Waals surface area contributed by atoms with Crippen molar-refractivity contribution in [1.82, 2.24) is 4.90 Å². The second-order valence-electron chi connectivity index (χ2n) is 7.05. The Bertz CT molecular complexity index is 628. The summed E-state index contributed by atoms with van der Waals surface area (Å²) in [6.45, 7) is 3.60. The standard InChI is InChI=1S/C19H27ClN2O3/c20-16-12-15(19-14(18(16)21)2-1-11-25-19)17(24)4-3-13-5-7-22(8-6-13)9-10-23/h12-13,23H,1-11,21H2. The van der Waals surface area contributed by atoms with Gasteiger partial charge >= 0.3 is 0 Å². The first-order valence-electron chi connectivity index (χ1n) is 9.20. The first-order valence-corrected chi connectivity index (χ1v) is 9.58. The van der Waals surface area contributed by atoms with Gasteiger partial charge in [-0.15, -0.1) is 0 Å². The average molecular weight is 367 g/mol. The first-order chi connectivity index (χ1) is 12.1. The molecule has 1 aromatic rings. The number of ketones is 1. The maximum atomic E-state index is 12.8. The van der Waals surface area contributed by atoms with Crippen LogP contribution in [0.5, 0.6) is 5.75 Å². The minimum absolute atomic E-state index is 0.0952. The smallest absolute Gasteiger partial charge is 0.166 e. The molecule has 138 valence electrons. The number of nitrogens with two attached hydrogens (primary N) is 1. The molecule has 6 heteroatoms. The third-order valence-electron chi connectivity index (χ3n) is 5.39. The molecule has 0 aromatic heterocycles. The number of β-amino-alcohol motifs (C(OH)–C–C–N with tert-alkyl or cyclic N) is 1. The predicted octanol–water partition coefficient (Wildman–Crippen LogP) is 2.91. The van der Waals surface area contributed by atoms with Gasteiger partial charge < -0.3 is 20.5 Å². The Morgan fingerprint density at radius 1 is 1.40 bits per heavy atom. The average Bonchev–Trinajstić information content (AvgIpc) is 2.64. The zero-order chi connectivity index (χ0) is 17.8. The van der Waals surface area contributed by atoms with Gasteiger partial charge in [0.1, 0.15) is 5.75 Å². The highest BCUT2D eigenvalue weighted by Crippen LogP contribution is 2.39. The second-order valence-corrected chi connectivity index (χ2v) is 7.46. The van der Waals surface area contributed by atoms with E-state index in [2.05, 4.69) is 4.90 Å². The number of nitrogens with zero attached hydrogens (tertiary/aromatic N) is 1. The summed E-state index contributed by atoms with van der Waals surface area (Å²) in [7, 11) is 0. The molecule has 25 heavy (non-hydrogen) atoms. The van der Waals surface area contributed by atoms with E-state index in [-0.39, 0.29) is 12.4 Å². The van der Waals surface area contributed by atoms with Gasteiger partial charge in [-0.3, -0.25) is 4.79 Å². The summed E-state index contributed by atoms with van der Waals surface area (Å²) in [5.74, 6) is 1.31. The maximum absolute atomic E-state index is 12.8. The molecule has 0 radical (unpaired) electrons. The second kappa shape index (κ2) is 8.39. The number of piperidine rings is 1. The first kappa shape index (κ1) is 18.5. The van der Waals surface area contributed by atoms with Gasteiger partial charge in [-0.2, -0.15) is 0 Å². The molecule has 0 aliphatic carbocycles. The van der Waals surface area contributed by atoms with E-state index in [1.54, 1.807) is 6.07 Å². The zero-order valence-corrected chi connectivity index (χ0v) is 15.4. The van der Waals surface area contributed by atoms with Crippen LogP contribution in [0.15, 0.2) is 6.07 Å². The molecule has 1 aromatic carbocycles. The van der Waals surface area contributed by atoms with Crippen LogP contribution < -0.4 is 10.5 Å². The number of fused-ring (bicyclic) bond motifs is 1. The van der Waals surface area contributed by atoms with Crippen molar-refractivity contribution in [1.29, 1.82) is 0 Å². The molecule has 3 N–H and O–H groups in total. The van der Waals surface area contributed by atoms with E-state index in [1.807, 2.05) is 0 Å². The Morgan fingerprint density at radius 2 is 2.16 bits per heavy atom. The van der Waals surface area contributed by atoms with Crippen molar-refractivity contribution < 1.29 is 14.6 Å². The molecule has 1 fully saturated rings. The highest BCUT2D eigenvalue weighted by atomic mass is 35.5. The number of rotatable bonds is 6. The number of Topliss-reactive ketones (excluding diaryl/α,β-unsaturated/α-hetero) is 1. The number of anilines is 1. The molecule has 3 rings (SSSR count). The number of hydrogen-bond acceptors (Lipinski definition) is 5.